The number of hydrogen-bond donors (Lipinski definition) is 0. The molecule has 0 saturated carbocycles. The summed E-state index contributed by atoms with van der Waals surface area (Å²) in [6.07, 6.45) is 13.4. The Balaban J connectivity index is 1.99. The largest absolute Gasteiger partial charge is 0.466 e. The number of carbonyl (C=O) groups is 1. The van der Waals surface area contributed by atoms with Gasteiger partial charge in [-0.15, -0.1) is 0 Å². The summed E-state index contributed by atoms with van der Waals surface area (Å²) in [7, 11) is 0. The van der Waals surface area contributed by atoms with Gasteiger partial charge in [0.2, 0.25) is 0 Å². The number of hydrogen-bond acceptors (Lipinski definition) is 3. The summed E-state index contributed by atoms with van der Waals surface area (Å²) in [6.45, 7) is 6.02. The Bertz CT molecular complexity index is 434. The number of ether oxygens (including phenoxy) is 1. The molecule has 3 heteroatoms. The van der Waals surface area contributed by atoms with E-state index in [0.717, 1.165) is 37.2 Å². The molecule has 0 bridgehead atoms. The van der Waals surface area contributed by atoms with Gasteiger partial charge in [0.05, 0.1) is 6.10 Å². The highest BCUT2D eigenvalue weighted by molar-refractivity contribution is 5.69. The number of unbranched alkanes of at least 4 members (excludes halogenated alkanes) is 7. The van der Waals surface area contributed by atoms with Gasteiger partial charge in [0.25, 0.3) is 0 Å². The second-order valence-corrected chi connectivity index (χ2v) is 6.99. The van der Waals surface area contributed by atoms with Crippen LogP contribution in [-0.2, 0) is 22.4 Å². The van der Waals surface area contributed by atoms with Gasteiger partial charge in [-0.2, -0.15) is 0 Å². The lowest BCUT2D eigenvalue weighted by molar-refractivity contribution is -0.147. The first-order valence-corrected chi connectivity index (χ1v) is 9.89. The lowest BCUT2D eigenvalue weighted by Gasteiger charge is -2.07. The summed E-state index contributed by atoms with van der Waals surface area (Å²) in [5.41, 5.74) is 0. The number of esters is 1. The summed E-state index contributed by atoms with van der Waals surface area (Å²) < 4.78 is 11.0. The molecular weight excluding hydrogens is 300 g/mol. The fourth-order valence-corrected chi connectivity index (χ4v) is 2.84. The molecule has 3 nitrogen and oxygen atoms in total. The van der Waals surface area contributed by atoms with E-state index >= 15 is 0 Å². The molecule has 0 amide bonds. The Kier molecular flexibility index (Phi) is 11.3. The molecule has 0 aliphatic carbocycles. The van der Waals surface area contributed by atoms with E-state index in [1.54, 1.807) is 0 Å². The molecule has 0 aliphatic heterocycles. The molecule has 0 aliphatic rings. The lowest BCUT2D eigenvalue weighted by atomic mass is 10.1. The molecule has 0 spiro atoms. The first kappa shape index (κ1) is 20.8. The maximum atomic E-state index is 11.4. The smallest absolute Gasteiger partial charge is 0.306 e. The van der Waals surface area contributed by atoms with Crippen molar-refractivity contribution in [3.05, 3.63) is 23.7 Å². The van der Waals surface area contributed by atoms with E-state index in [0.29, 0.717) is 6.42 Å². The standard InChI is InChI=1S/C21H36O3/c1-4-5-6-10-13-19-16-17-20(24-19)14-11-8-7-9-12-15-21(22)23-18(2)3/h16-18H,4-15H2,1-3H3. The summed E-state index contributed by atoms with van der Waals surface area (Å²) >= 11 is 0. The van der Waals surface area contributed by atoms with E-state index in [9.17, 15) is 4.79 Å². The lowest BCUT2D eigenvalue weighted by Crippen LogP contribution is -2.10. The van der Waals surface area contributed by atoms with E-state index in [1.165, 1.54) is 44.9 Å². The number of furan rings is 1. The van der Waals surface area contributed by atoms with Crippen LogP contribution in [0.15, 0.2) is 16.5 Å². The summed E-state index contributed by atoms with van der Waals surface area (Å²) in [5.74, 6) is 2.21. The SMILES string of the molecule is CCCCCCc1ccc(CCCCCCCC(=O)OC(C)C)o1. The Morgan fingerprint density at radius 3 is 2.04 bits per heavy atom. The van der Waals surface area contributed by atoms with Crippen molar-refractivity contribution in [3.8, 4) is 0 Å². The zero-order chi connectivity index (χ0) is 17.6. The molecule has 0 radical (unpaired) electrons. The first-order valence-electron chi connectivity index (χ1n) is 9.89. The fraction of sp³-hybridized carbons (Fsp3) is 0.762. The van der Waals surface area contributed by atoms with Gasteiger partial charge in [-0.25, -0.2) is 0 Å². The van der Waals surface area contributed by atoms with Gasteiger partial charge in [-0.3, -0.25) is 4.79 Å². The van der Waals surface area contributed by atoms with Crippen molar-refractivity contribution >= 4 is 5.97 Å². The summed E-state index contributed by atoms with van der Waals surface area (Å²) in [6, 6.07) is 4.28. The molecule has 0 saturated heterocycles. The van der Waals surface area contributed by atoms with E-state index < -0.39 is 0 Å². The van der Waals surface area contributed by atoms with Crippen LogP contribution in [0.5, 0.6) is 0 Å². The fourth-order valence-electron chi connectivity index (χ4n) is 2.84. The average molecular weight is 337 g/mol. The molecule has 0 atom stereocenters. The van der Waals surface area contributed by atoms with Gasteiger partial charge >= 0.3 is 5.97 Å². The number of rotatable bonds is 14. The predicted octanol–water partition coefficient (Wildman–Crippen LogP) is 6.24. The van der Waals surface area contributed by atoms with E-state index in [4.69, 9.17) is 9.15 Å². The van der Waals surface area contributed by atoms with Crippen LogP contribution in [0.3, 0.4) is 0 Å². The normalized spacial score (nSPS) is 11.2. The third-order valence-corrected chi connectivity index (χ3v) is 4.17. The first-order chi connectivity index (χ1) is 11.6. The van der Waals surface area contributed by atoms with Gasteiger partial charge in [-0.05, 0) is 45.2 Å². The second-order valence-electron chi connectivity index (χ2n) is 6.99. The van der Waals surface area contributed by atoms with Gasteiger partial charge in [0.1, 0.15) is 11.5 Å². The molecule has 1 aromatic rings. The van der Waals surface area contributed by atoms with Crippen molar-refractivity contribution in [1.29, 1.82) is 0 Å². The molecule has 1 heterocycles. The highest BCUT2D eigenvalue weighted by Gasteiger charge is 2.05. The zero-order valence-electron chi connectivity index (χ0n) is 15.9. The van der Waals surface area contributed by atoms with Gasteiger partial charge in [0.15, 0.2) is 0 Å². The Morgan fingerprint density at radius 1 is 0.917 bits per heavy atom. The van der Waals surface area contributed by atoms with Crippen molar-refractivity contribution in [2.24, 2.45) is 0 Å². The molecule has 0 fully saturated rings. The summed E-state index contributed by atoms with van der Waals surface area (Å²) in [5, 5.41) is 0. The molecule has 24 heavy (non-hydrogen) atoms. The highest BCUT2D eigenvalue weighted by Crippen LogP contribution is 2.15. The minimum Gasteiger partial charge on any atom is -0.466 e. The minimum atomic E-state index is -0.0629. The molecule has 1 rings (SSSR count). The third-order valence-electron chi connectivity index (χ3n) is 4.17. The van der Waals surface area contributed by atoms with Crippen LogP contribution in [0.25, 0.3) is 0 Å². The maximum absolute atomic E-state index is 11.4. The van der Waals surface area contributed by atoms with Gasteiger partial charge in [0, 0.05) is 19.3 Å². The molecule has 1 aromatic heterocycles. The van der Waals surface area contributed by atoms with Crippen molar-refractivity contribution in [2.75, 3.05) is 0 Å². The van der Waals surface area contributed by atoms with Crippen molar-refractivity contribution in [1.82, 2.24) is 0 Å². The number of carbonyl (C=O) groups excluding carboxylic acids is 1. The quantitative estimate of drug-likeness (QED) is 0.298. The predicted molar refractivity (Wildman–Crippen MR) is 99.2 cm³/mol. The zero-order valence-corrected chi connectivity index (χ0v) is 15.9. The van der Waals surface area contributed by atoms with E-state index in [2.05, 4.69) is 19.1 Å². The van der Waals surface area contributed by atoms with Crippen LogP contribution in [-0.4, -0.2) is 12.1 Å². The molecule has 0 unspecified atom stereocenters. The van der Waals surface area contributed by atoms with Gasteiger partial charge in [-0.1, -0.05) is 45.4 Å². The average Bonchev–Trinajstić information content (AvgIpc) is 2.98. The Labute approximate surface area is 148 Å². The molecule has 0 N–H and O–H groups in total. The topological polar surface area (TPSA) is 39.4 Å². The number of aryl methyl sites for hydroxylation is 2. The monoisotopic (exact) mass is 336 g/mol. The van der Waals surface area contributed by atoms with E-state index in [-0.39, 0.29) is 12.1 Å². The van der Waals surface area contributed by atoms with Crippen molar-refractivity contribution < 1.29 is 13.9 Å². The van der Waals surface area contributed by atoms with Crippen LogP contribution >= 0.6 is 0 Å². The maximum Gasteiger partial charge on any atom is 0.306 e. The van der Waals surface area contributed by atoms with Crippen LogP contribution in [0.1, 0.15) is 96.5 Å². The third kappa shape index (κ3) is 10.5. The molecular formula is C21H36O3. The van der Waals surface area contributed by atoms with Crippen molar-refractivity contribution in [2.45, 2.75) is 104 Å². The van der Waals surface area contributed by atoms with E-state index in [1.807, 2.05) is 13.8 Å². The van der Waals surface area contributed by atoms with Crippen LogP contribution in [0, 0.1) is 0 Å². The Hall–Kier alpha value is -1.25. The second kappa shape index (κ2) is 13.1. The van der Waals surface area contributed by atoms with Crippen LogP contribution < -0.4 is 0 Å². The Morgan fingerprint density at radius 2 is 1.46 bits per heavy atom. The molecule has 138 valence electrons. The summed E-state index contributed by atoms with van der Waals surface area (Å²) in [4.78, 5) is 11.4. The van der Waals surface area contributed by atoms with Crippen molar-refractivity contribution in [3.63, 3.8) is 0 Å². The van der Waals surface area contributed by atoms with Crippen LogP contribution in [0.2, 0.25) is 0 Å². The van der Waals surface area contributed by atoms with Gasteiger partial charge < -0.3 is 9.15 Å². The molecule has 0 aromatic carbocycles. The minimum absolute atomic E-state index is 0.00216. The van der Waals surface area contributed by atoms with Crippen LogP contribution in [0.4, 0.5) is 0 Å². The highest BCUT2D eigenvalue weighted by atomic mass is 16.5.